The van der Waals surface area contributed by atoms with Crippen LogP contribution in [0, 0.1) is 0 Å². The summed E-state index contributed by atoms with van der Waals surface area (Å²) in [6.45, 7) is 0. The van der Waals surface area contributed by atoms with Crippen molar-refractivity contribution in [2.75, 3.05) is 5.73 Å². The third-order valence-electron chi connectivity index (χ3n) is 1.95. The number of pyridine rings is 1. The minimum Gasteiger partial charge on any atom is -0.398 e. The summed E-state index contributed by atoms with van der Waals surface area (Å²) in [6.07, 6.45) is 2.72. The second-order valence-corrected chi connectivity index (χ2v) is 3.27. The molecule has 0 spiro atoms. The van der Waals surface area contributed by atoms with Gasteiger partial charge in [0.1, 0.15) is 12.1 Å². The van der Waals surface area contributed by atoms with Crippen LogP contribution in [-0.2, 0) is 11.2 Å². The van der Waals surface area contributed by atoms with Crippen molar-refractivity contribution in [1.82, 2.24) is 9.38 Å². The minimum atomic E-state index is 0.233. The normalized spacial score (nSPS) is 10.6. The Hall–Kier alpha value is -1.55. The molecule has 2 rings (SSSR count). The van der Waals surface area contributed by atoms with Gasteiger partial charge in [0.05, 0.1) is 11.9 Å². The van der Waals surface area contributed by atoms with Crippen LogP contribution in [0.4, 0.5) is 5.69 Å². The Bertz CT molecular complexity index is 492. The highest BCUT2D eigenvalue weighted by atomic mass is 35.5. The van der Waals surface area contributed by atoms with E-state index in [9.17, 15) is 4.79 Å². The second-order valence-electron chi connectivity index (χ2n) is 2.91. The van der Waals surface area contributed by atoms with Crippen molar-refractivity contribution in [3.8, 4) is 0 Å². The van der Waals surface area contributed by atoms with Crippen LogP contribution in [0.1, 0.15) is 5.82 Å². The van der Waals surface area contributed by atoms with Gasteiger partial charge in [-0.1, -0.05) is 11.6 Å². The molecular weight excluding hydrogens is 202 g/mol. The van der Waals surface area contributed by atoms with Gasteiger partial charge in [0.25, 0.3) is 0 Å². The van der Waals surface area contributed by atoms with E-state index in [1.807, 2.05) is 0 Å². The lowest BCUT2D eigenvalue weighted by molar-refractivity contribution is -0.107. The number of carbonyl (C=O) groups excluding carboxylic acids is 1. The number of carbonyl (C=O) groups is 1. The van der Waals surface area contributed by atoms with Gasteiger partial charge in [0.2, 0.25) is 0 Å². The second kappa shape index (κ2) is 3.31. The Morgan fingerprint density at radius 1 is 1.57 bits per heavy atom. The molecule has 0 atom stereocenters. The van der Waals surface area contributed by atoms with E-state index in [4.69, 9.17) is 17.3 Å². The Balaban J connectivity index is 2.72. The summed E-state index contributed by atoms with van der Waals surface area (Å²) in [5, 5.41) is 0.391. The smallest absolute Gasteiger partial charge is 0.155 e. The number of anilines is 1. The fraction of sp³-hybridized carbons (Fsp3) is 0.111. The molecule has 0 saturated heterocycles. The van der Waals surface area contributed by atoms with Crippen molar-refractivity contribution in [2.45, 2.75) is 6.42 Å². The van der Waals surface area contributed by atoms with Gasteiger partial charge in [0.15, 0.2) is 5.15 Å². The molecule has 2 N–H and O–H groups in total. The van der Waals surface area contributed by atoms with Crippen LogP contribution in [0.25, 0.3) is 5.52 Å². The third-order valence-corrected chi connectivity index (χ3v) is 2.23. The van der Waals surface area contributed by atoms with Crippen LogP contribution in [0.15, 0.2) is 18.3 Å². The molecule has 14 heavy (non-hydrogen) atoms. The van der Waals surface area contributed by atoms with E-state index in [0.29, 0.717) is 16.7 Å². The molecule has 0 amide bonds. The van der Waals surface area contributed by atoms with Gasteiger partial charge >= 0.3 is 0 Å². The van der Waals surface area contributed by atoms with Crippen LogP contribution in [-0.4, -0.2) is 15.7 Å². The average Bonchev–Trinajstić information content (AvgIpc) is 2.44. The fourth-order valence-corrected chi connectivity index (χ4v) is 1.59. The summed E-state index contributed by atoms with van der Waals surface area (Å²) < 4.78 is 1.73. The maximum absolute atomic E-state index is 10.4. The number of imidazole rings is 1. The molecule has 2 aromatic heterocycles. The first-order valence-corrected chi connectivity index (χ1v) is 4.46. The van der Waals surface area contributed by atoms with E-state index >= 15 is 0 Å². The number of nitrogen functional groups attached to an aromatic ring is 1. The van der Waals surface area contributed by atoms with E-state index in [2.05, 4.69) is 4.98 Å². The maximum atomic E-state index is 10.4. The topological polar surface area (TPSA) is 60.4 Å². The molecule has 5 heteroatoms. The Kier molecular flexibility index (Phi) is 2.13. The van der Waals surface area contributed by atoms with Crippen molar-refractivity contribution in [3.63, 3.8) is 0 Å². The quantitative estimate of drug-likeness (QED) is 0.759. The molecule has 0 bridgehead atoms. The van der Waals surface area contributed by atoms with E-state index in [1.165, 1.54) is 0 Å². The first kappa shape index (κ1) is 9.02. The van der Waals surface area contributed by atoms with Crippen LogP contribution in [0.5, 0.6) is 0 Å². The van der Waals surface area contributed by atoms with Gasteiger partial charge in [0, 0.05) is 11.9 Å². The molecule has 0 saturated carbocycles. The zero-order valence-corrected chi connectivity index (χ0v) is 8.03. The average molecular weight is 210 g/mol. The number of rotatable bonds is 2. The Labute approximate surface area is 85.3 Å². The van der Waals surface area contributed by atoms with E-state index in [0.717, 1.165) is 11.8 Å². The molecule has 72 valence electrons. The number of halogens is 1. The van der Waals surface area contributed by atoms with Crippen molar-refractivity contribution in [2.24, 2.45) is 0 Å². The molecule has 0 aliphatic heterocycles. The first-order valence-electron chi connectivity index (χ1n) is 4.08. The molecular formula is C9H8ClN3O. The lowest BCUT2D eigenvalue weighted by atomic mass is 10.4. The zero-order chi connectivity index (χ0) is 10.1. The molecule has 0 radical (unpaired) electrons. The fourth-order valence-electron chi connectivity index (χ4n) is 1.34. The predicted octanol–water partition coefficient (Wildman–Crippen LogP) is 1.31. The largest absolute Gasteiger partial charge is 0.398 e. The van der Waals surface area contributed by atoms with Crippen LogP contribution in [0.2, 0.25) is 5.15 Å². The lowest BCUT2D eigenvalue weighted by Crippen LogP contribution is -1.97. The number of hydrogen-bond donors (Lipinski definition) is 1. The first-order chi connectivity index (χ1) is 6.72. The van der Waals surface area contributed by atoms with Gasteiger partial charge in [-0.2, -0.15) is 0 Å². The van der Waals surface area contributed by atoms with Crippen LogP contribution in [0.3, 0.4) is 0 Å². The SMILES string of the molecule is Nc1ccc2c(Cl)nc(CC=O)n2c1. The van der Waals surface area contributed by atoms with Crippen LogP contribution >= 0.6 is 11.6 Å². The molecule has 2 aromatic rings. The highest BCUT2D eigenvalue weighted by Crippen LogP contribution is 2.19. The van der Waals surface area contributed by atoms with Gasteiger partial charge in [-0.3, -0.25) is 4.40 Å². The number of aldehydes is 1. The van der Waals surface area contributed by atoms with Gasteiger partial charge in [-0.25, -0.2) is 4.98 Å². The standard InChI is InChI=1S/C9H8ClN3O/c10-9-7-2-1-6(11)5-13(7)8(12-9)3-4-14/h1-2,4-5H,3,11H2. The molecule has 0 unspecified atom stereocenters. The van der Waals surface area contributed by atoms with E-state index < -0.39 is 0 Å². The van der Waals surface area contributed by atoms with Gasteiger partial charge in [-0.15, -0.1) is 0 Å². The molecule has 0 fully saturated rings. The van der Waals surface area contributed by atoms with Crippen molar-refractivity contribution in [1.29, 1.82) is 0 Å². The molecule has 0 aromatic carbocycles. The van der Waals surface area contributed by atoms with Crippen molar-refractivity contribution in [3.05, 3.63) is 29.3 Å². The Morgan fingerprint density at radius 2 is 2.36 bits per heavy atom. The molecule has 4 nitrogen and oxygen atoms in total. The van der Waals surface area contributed by atoms with E-state index in [-0.39, 0.29) is 6.42 Å². The molecule has 0 aliphatic rings. The number of nitrogens with two attached hydrogens (primary N) is 1. The Morgan fingerprint density at radius 3 is 3.07 bits per heavy atom. The van der Waals surface area contributed by atoms with Gasteiger partial charge < -0.3 is 10.5 Å². The third kappa shape index (κ3) is 1.33. The number of aromatic nitrogens is 2. The summed E-state index contributed by atoms with van der Waals surface area (Å²) in [5.41, 5.74) is 6.99. The highest BCUT2D eigenvalue weighted by molar-refractivity contribution is 6.32. The number of hydrogen-bond acceptors (Lipinski definition) is 3. The number of nitrogens with zero attached hydrogens (tertiary/aromatic N) is 2. The van der Waals surface area contributed by atoms with Crippen molar-refractivity contribution < 1.29 is 4.79 Å². The van der Waals surface area contributed by atoms with Gasteiger partial charge in [-0.05, 0) is 12.1 Å². The maximum Gasteiger partial charge on any atom is 0.155 e. The minimum absolute atomic E-state index is 0.233. The molecule has 2 heterocycles. The summed E-state index contributed by atoms with van der Waals surface area (Å²) >= 11 is 5.88. The monoisotopic (exact) mass is 209 g/mol. The lowest BCUT2D eigenvalue weighted by Gasteiger charge is -1.98. The van der Waals surface area contributed by atoms with Crippen LogP contribution < -0.4 is 5.73 Å². The summed E-state index contributed by atoms with van der Waals surface area (Å²) in [4.78, 5) is 14.4. The summed E-state index contributed by atoms with van der Waals surface area (Å²) in [6, 6.07) is 3.52. The number of fused-ring (bicyclic) bond motifs is 1. The highest BCUT2D eigenvalue weighted by Gasteiger charge is 2.08. The van der Waals surface area contributed by atoms with E-state index in [1.54, 1.807) is 22.7 Å². The zero-order valence-electron chi connectivity index (χ0n) is 7.27. The molecule has 0 aliphatic carbocycles. The van der Waals surface area contributed by atoms with Crippen molar-refractivity contribution >= 4 is 29.1 Å². The predicted molar refractivity (Wildman–Crippen MR) is 54.4 cm³/mol. The summed E-state index contributed by atoms with van der Waals surface area (Å²) in [5.74, 6) is 0.604. The summed E-state index contributed by atoms with van der Waals surface area (Å²) in [7, 11) is 0.